The van der Waals surface area contributed by atoms with Crippen LogP contribution in [0.2, 0.25) is 0 Å². The largest absolute Gasteiger partial charge is 0.342 e. The molecule has 6 heteroatoms. The Hall–Kier alpha value is -1.69. The average Bonchev–Trinajstić information content (AvgIpc) is 3.07. The fraction of sp³-hybridized carbons (Fsp3) is 0.462. The van der Waals surface area contributed by atoms with Crippen LogP contribution in [0, 0.1) is 0 Å². The highest BCUT2D eigenvalue weighted by molar-refractivity contribution is 7.12. The molecule has 1 aromatic rings. The highest BCUT2D eigenvalue weighted by atomic mass is 32.1. The van der Waals surface area contributed by atoms with E-state index in [0.29, 0.717) is 10.6 Å². The van der Waals surface area contributed by atoms with Crippen molar-refractivity contribution in [1.29, 1.82) is 0 Å². The first-order valence-electron chi connectivity index (χ1n) is 6.31. The maximum Gasteiger partial charge on any atom is 0.281 e. The van der Waals surface area contributed by atoms with E-state index >= 15 is 0 Å². The van der Waals surface area contributed by atoms with Crippen molar-refractivity contribution in [2.24, 2.45) is 5.10 Å². The minimum Gasteiger partial charge on any atom is -0.342 e. The molecule has 1 saturated heterocycles. The number of nitrogens with zero attached hydrogens (tertiary/aromatic N) is 2. The van der Waals surface area contributed by atoms with E-state index in [9.17, 15) is 9.59 Å². The van der Waals surface area contributed by atoms with Gasteiger partial charge >= 0.3 is 0 Å². The second-order valence-corrected chi connectivity index (χ2v) is 5.48. The second kappa shape index (κ2) is 6.47. The Kier molecular flexibility index (Phi) is 4.68. The summed E-state index contributed by atoms with van der Waals surface area (Å²) in [6.07, 6.45) is 2.43. The van der Waals surface area contributed by atoms with Crippen LogP contribution in [0.4, 0.5) is 0 Å². The van der Waals surface area contributed by atoms with E-state index in [4.69, 9.17) is 0 Å². The number of hydrazone groups is 1. The van der Waals surface area contributed by atoms with Crippen LogP contribution in [0.15, 0.2) is 22.6 Å². The SMILES string of the molecule is CC(CC(=O)N1CCCC1)=NNC(=O)c1cccs1. The van der Waals surface area contributed by atoms with Crippen LogP contribution in [0.25, 0.3) is 0 Å². The van der Waals surface area contributed by atoms with Crippen molar-refractivity contribution < 1.29 is 9.59 Å². The van der Waals surface area contributed by atoms with Crippen LogP contribution in [0.3, 0.4) is 0 Å². The quantitative estimate of drug-likeness (QED) is 0.675. The summed E-state index contributed by atoms with van der Waals surface area (Å²) >= 11 is 1.36. The third kappa shape index (κ3) is 3.89. The van der Waals surface area contributed by atoms with Gasteiger partial charge in [-0.2, -0.15) is 5.10 Å². The van der Waals surface area contributed by atoms with Crippen LogP contribution in [0.5, 0.6) is 0 Å². The molecule has 2 rings (SSSR count). The number of thiophene rings is 1. The van der Waals surface area contributed by atoms with E-state index in [1.807, 2.05) is 16.3 Å². The predicted molar refractivity (Wildman–Crippen MR) is 75.3 cm³/mol. The summed E-state index contributed by atoms with van der Waals surface area (Å²) in [6.45, 7) is 3.43. The molecule has 5 nitrogen and oxygen atoms in total. The van der Waals surface area contributed by atoms with Crippen LogP contribution < -0.4 is 5.43 Å². The average molecular weight is 279 g/mol. The monoisotopic (exact) mass is 279 g/mol. The molecule has 1 aliphatic rings. The lowest BCUT2D eigenvalue weighted by molar-refractivity contribution is -0.128. The lowest BCUT2D eigenvalue weighted by atomic mass is 10.3. The molecule has 19 heavy (non-hydrogen) atoms. The van der Waals surface area contributed by atoms with Gasteiger partial charge in [-0.3, -0.25) is 9.59 Å². The van der Waals surface area contributed by atoms with E-state index in [1.54, 1.807) is 13.0 Å². The molecule has 0 bridgehead atoms. The topological polar surface area (TPSA) is 61.8 Å². The summed E-state index contributed by atoms with van der Waals surface area (Å²) in [4.78, 5) is 26.0. The van der Waals surface area contributed by atoms with Gasteiger partial charge < -0.3 is 4.90 Å². The first-order chi connectivity index (χ1) is 9.16. The van der Waals surface area contributed by atoms with Crippen molar-refractivity contribution in [3.63, 3.8) is 0 Å². The van der Waals surface area contributed by atoms with Gasteiger partial charge in [0, 0.05) is 18.8 Å². The third-order valence-corrected chi connectivity index (χ3v) is 3.83. The second-order valence-electron chi connectivity index (χ2n) is 4.53. The summed E-state index contributed by atoms with van der Waals surface area (Å²) in [7, 11) is 0. The molecule has 0 radical (unpaired) electrons. The zero-order valence-corrected chi connectivity index (χ0v) is 11.7. The van der Waals surface area contributed by atoms with Gasteiger partial charge in [0.05, 0.1) is 11.3 Å². The molecule has 0 unspecified atom stereocenters. The van der Waals surface area contributed by atoms with Crippen molar-refractivity contribution in [1.82, 2.24) is 10.3 Å². The van der Waals surface area contributed by atoms with Crippen LogP contribution in [-0.2, 0) is 4.79 Å². The van der Waals surface area contributed by atoms with E-state index in [0.717, 1.165) is 25.9 Å². The highest BCUT2D eigenvalue weighted by Crippen LogP contribution is 2.09. The smallest absolute Gasteiger partial charge is 0.281 e. The molecule has 2 amide bonds. The lowest BCUT2D eigenvalue weighted by Gasteiger charge is -2.14. The normalized spacial score (nSPS) is 15.6. The summed E-state index contributed by atoms with van der Waals surface area (Å²) in [5.41, 5.74) is 3.10. The Morgan fingerprint density at radius 1 is 1.42 bits per heavy atom. The molecule has 0 spiro atoms. The number of rotatable bonds is 4. The van der Waals surface area contributed by atoms with E-state index in [2.05, 4.69) is 10.5 Å². The molecule has 1 aromatic heterocycles. The zero-order valence-electron chi connectivity index (χ0n) is 10.9. The van der Waals surface area contributed by atoms with Crippen molar-refractivity contribution in [2.75, 3.05) is 13.1 Å². The molecular formula is C13H17N3O2S. The Bertz CT molecular complexity index is 476. The summed E-state index contributed by atoms with van der Waals surface area (Å²) < 4.78 is 0. The van der Waals surface area contributed by atoms with Gasteiger partial charge in [0.25, 0.3) is 5.91 Å². The number of hydrogen-bond donors (Lipinski definition) is 1. The predicted octanol–water partition coefficient (Wildman–Crippen LogP) is 1.87. The standard InChI is InChI=1S/C13H17N3O2S/c1-10(9-12(17)16-6-2-3-7-16)14-15-13(18)11-5-4-8-19-11/h4-5,8H,2-3,6-7,9H2,1H3,(H,15,18). The Morgan fingerprint density at radius 3 is 2.79 bits per heavy atom. The van der Waals surface area contributed by atoms with Gasteiger partial charge in [0.2, 0.25) is 5.91 Å². The van der Waals surface area contributed by atoms with Gasteiger partial charge in [-0.05, 0) is 31.2 Å². The Morgan fingerprint density at radius 2 is 2.16 bits per heavy atom. The maximum absolute atomic E-state index is 11.9. The number of carbonyl (C=O) groups excluding carboxylic acids is 2. The van der Waals surface area contributed by atoms with Gasteiger partial charge in [0.15, 0.2) is 0 Å². The fourth-order valence-corrected chi connectivity index (χ4v) is 2.56. The molecule has 0 saturated carbocycles. The van der Waals surface area contributed by atoms with Gasteiger partial charge in [-0.15, -0.1) is 11.3 Å². The molecule has 1 fully saturated rings. The van der Waals surface area contributed by atoms with E-state index in [-0.39, 0.29) is 18.2 Å². The summed E-state index contributed by atoms with van der Waals surface area (Å²) in [5.74, 6) is -0.146. The van der Waals surface area contributed by atoms with Crippen LogP contribution in [0.1, 0.15) is 35.9 Å². The molecule has 0 aromatic carbocycles. The molecule has 2 heterocycles. The molecule has 102 valence electrons. The molecular weight excluding hydrogens is 262 g/mol. The van der Waals surface area contributed by atoms with Crippen molar-refractivity contribution in [3.8, 4) is 0 Å². The van der Waals surface area contributed by atoms with Gasteiger partial charge in [-0.1, -0.05) is 6.07 Å². The number of nitrogens with one attached hydrogen (secondary N) is 1. The number of hydrogen-bond acceptors (Lipinski definition) is 4. The Balaban J connectivity index is 1.82. The Labute approximate surface area is 116 Å². The van der Waals surface area contributed by atoms with Crippen molar-refractivity contribution >= 4 is 28.9 Å². The van der Waals surface area contributed by atoms with Gasteiger partial charge in [0.1, 0.15) is 0 Å². The van der Waals surface area contributed by atoms with Crippen LogP contribution >= 0.6 is 11.3 Å². The number of amides is 2. The highest BCUT2D eigenvalue weighted by Gasteiger charge is 2.18. The zero-order chi connectivity index (χ0) is 13.7. The molecule has 1 N–H and O–H groups in total. The molecule has 0 atom stereocenters. The third-order valence-electron chi connectivity index (χ3n) is 2.96. The van der Waals surface area contributed by atoms with E-state index < -0.39 is 0 Å². The number of carbonyl (C=O) groups is 2. The summed E-state index contributed by atoms with van der Waals surface area (Å²) in [6, 6.07) is 3.55. The first-order valence-corrected chi connectivity index (χ1v) is 7.19. The lowest BCUT2D eigenvalue weighted by Crippen LogP contribution is -2.29. The summed E-state index contributed by atoms with van der Waals surface area (Å²) in [5, 5.41) is 5.80. The minimum atomic E-state index is -0.233. The maximum atomic E-state index is 11.9. The number of likely N-dealkylation sites (tertiary alicyclic amines) is 1. The van der Waals surface area contributed by atoms with E-state index in [1.165, 1.54) is 11.3 Å². The van der Waals surface area contributed by atoms with Gasteiger partial charge in [-0.25, -0.2) is 5.43 Å². The van der Waals surface area contributed by atoms with Crippen molar-refractivity contribution in [3.05, 3.63) is 22.4 Å². The van der Waals surface area contributed by atoms with Crippen molar-refractivity contribution in [2.45, 2.75) is 26.2 Å². The minimum absolute atomic E-state index is 0.0872. The molecule has 1 aliphatic heterocycles. The molecule has 0 aliphatic carbocycles. The fourth-order valence-electron chi connectivity index (χ4n) is 1.95. The first kappa shape index (κ1) is 13.7. The van der Waals surface area contributed by atoms with Crippen LogP contribution in [-0.4, -0.2) is 35.5 Å².